The molecule has 0 saturated carbocycles. The molecule has 1 aromatic rings. The Morgan fingerprint density at radius 2 is 2.09 bits per heavy atom. The molecule has 0 amide bonds. The second kappa shape index (κ2) is 9.36. The third-order valence-electron chi connectivity index (χ3n) is 4.26. The molecule has 0 N–H and O–H groups in total. The lowest BCUT2D eigenvalue weighted by Gasteiger charge is -2.37. The highest BCUT2D eigenvalue weighted by Gasteiger charge is 2.25. The van der Waals surface area contributed by atoms with Crippen molar-refractivity contribution >= 4 is 5.97 Å². The molecular formula is C19H27NO3. The van der Waals surface area contributed by atoms with E-state index in [-0.39, 0.29) is 12.6 Å². The average Bonchev–Trinajstić information content (AvgIpc) is 2.59. The van der Waals surface area contributed by atoms with Crippen molar-refractivity contribution in [1.82, 2.24) is 4.90 Å². The molecule has 0 aliphatic carbocycles. The zero-order valence-electron chi connectivity index (χ0n) is 14.1. The van der Waals surface area contributed by atoms with Crippen LogP contribution in [0.2, 0.25) is 0 Å². The first-order chi connectivity index (χ1) is 11.2. The summed E-state index contributed by atoms with van der Waals surface area (Å²) in [5.41, 5.74) is 0. The monoisotopic (exact) mass is 317 g/mol. The van der Waals surface area contributed by atoms with E-state index >= 15 is 0 Å². The van der Waals surface area contributed by atoms with Crippen LogP contribution in [0.25, 0.3) is 0 Å². The Bertz CT molecular complexity index is 501. The summed E-state index contributed by atoms with van der Waals surface area (Å²) in [6.45, 7) is 6.71. The minimum Gasteiger partial charge on any atom is -0.482 e. The van der Waals surface area contributed by atoms with Gasteiger partial charge >= 0.3 is 5.97 Å². The number of nitrogens with zero attached hydrogens (tertiary/aromatic N) is 1. The van der Waals surface area contributed by atoms with Crippen LogP contribution in [0.5, 0.6) is 5.75 Å². The maximum atomic E-state index is 11.8. The van der Waals surface area contributed by atoms with Gasteiger partial charge in [0, 0.05) is 25.0 Å². The van der Waals surface area contributed by atoms with Gasteiger partial charge in [-0.2, -0.15) is 0 Å². The smallest absolute Gasteiger partial charge is 0.344 e. The number of likely N-dealkylation sites (tertiary alicyclic amines) is 1. The van der Waals surface area contributed by atoms with Crippen LogP contribution in [0.15, 0.2) is 42.5 Å². The maximum absolute atomic E-state index is 11.8. The Kier molecular flexibility index (Phi) is 7.14. The summed E-state index contributed by atoms with van der Waals surface area (Å²) in [6.07, 6.45) is 6.52. The SMILES string of the molecule is C/C=C\CN1CC(COC(=O)COc2ccccc2)CCC1C. The highest BCUT2D eigenvalue weighted by atomic mass is 16.6. The summed E-state index contributed by atoms with van der Waals surface area (Å²) in [7, 11) is 0. The molecule has 1 aliphatic heterocycles. The van der Waals surface area contributed by atoms with E-state index < -0.39 is 0 Å². The minimum absolute atomic E-state index is 0.0323. The Morgan fingerprint density at radius 3 is 2.83 bits per heavy atom. The first-order valence-corrected chi connectivity index (χ1v) is 8.37. The minimum atomic E-state index is -0.299. The highest BCUT2D eigenvalue weighted by Crippen LogP contribution is 2.22. The van der Waals surface area contributed by atoms with E-state index in [1.807, 2.05) is 37.3 Å². The molecule has 4 nitrogen and oxygen atoms in total. The number of piperidine rings is 1. The fraction of sp³-hybridized carbons (Fsp3) is 0.526. The average molecular weight is 317 g/mol. The number of rotatable bonds is 7. The number of hydrogen-bond donors (Lipinski definition) is 0. The number of carbonyl (C=O) groups excluding carboxylic acids is 1. The summed E-state index contributed by atoms with van der Waals surface area (Å²) >= 11 is 0. The summed E-state index contributed by atoms with van der Waals surface area (Å²) in [6, 6.07) is 9.92. The molecule has 0 radical (unpaired) electrons. The molecule has 2 unspecified atom stereocenters. The molecule has 0 spiro atoms. The molecule has 0 bridgehead atoms. The normalized spacial score (nSPS) is 22.2. The zero-order valence-corrected chi connectivity index (χ0v) is 14.1. The van der Waals surface area contributed by atoms with E-state index in [9.17, 15) is 4.79 Å². The molecule has 126 valence electrons. The first kappa shape index (κ1) is 17.5. The number of ether oxygens (including phenoxy) is 2. The summed E-state index contributed by atoms with van der Waals surface area (Å²) in [5, 5.41) is 0. The molecule has 0 aromatic heterocycles. The van der Waals surface area contributed by atoms with Crippen molar-refractivity contribution in [3.05, 3.63) is 42.5 Å². The van der Waals surface area contributed by atoms with Crippen LogP contribution in [0.1, 0.15) is 26.7 Å². The summed E-state index contributed by atoms with van der Waals surface area (Å²) < 4.78 is 10.8. The van der Waals surface area contributed by atoms with Crippen molar-refractivity contribution in [2.75, 3.05) is 26.3 Å². The van der Waals surface area contributed by atoms with E-state index in [1.165, 1.54) is 0 Å². The molecule has 1 aliphatic rings. The van der Waals surface area contributed by atoms with E-state index in [4.69, 9.17) is 9.47 Å². The number of hydrogen-bond acceptors (Lipinski definition) is 4. The summed E-state index contributed by atoms with van der Waals surface area (Å²) in [4.78, 5) is 14.3. The zero-order chi connectivity index (χ0) is 16.5. The van der Waals surface area contributed by atoms with Gasteiger partial charge in [-0.15, -0.1) is 0 Å². The van der Waals surface area contributed by atoms with Crippen LogP contribution < -0.4 is 4.74 Å². The van der Waals surface area contributed by atoms with Crippen LogP contribution in [0.4, 0.5) is 0 Å². The molecule has 1 saturated heterocycles. The third-order valence-corrected chi connectivity index (χ3v) is 4.26. The molecule has 1 fully saturated rings. The van der Waals surface area contributed by atoms with E-state index in [0.29, 0.717) is 24.3 Å². The molecule has 4 heteroatoms. The fourth-order valence-corrected chi connectivity index (χ4v) is 2.81. The second-order valence-electron chi connectivity index (χ2n) is 6.10. The number of para-hydroxylation sites is 1. The number of benzene rings is 1. The van der Waals surface area contributed by atoms with E-state index in [0.717, 1.165) is 25.9 Å². The van der Waals surface area contributed by atoms with Crippen LogP contribution in [-0.4, -0.2) is 43.2 Å². The van der Waals surface area contributed by atoms with Crippen molar-refractivity contribution < 1.29 is 14.3 Å². The summed E-state index contributed by atoms with van der Waals surface area (Å²) in [5.74, 6) is 0.804. The Morgan fingerprint density at radius 1 is 1.30 bits per heavy atom. The van der Waals surface area contributed by atoms with Crippen molar-refractivity contribution in [3.8, 4) is 5.75 Å². The molecular weight excluding hydrogens is 290 g/mol. The van der Waals surface area contributed by atoms with Gasteiger partial charge in [0.25, 0.3) is 0 Å². The third kappa shape index (κ3) is 6.06. The fourth-order valence-electron chi connectivity index (χ4n) is 2.81. The molecule has 2 atom stereocenters. The number of allylic oxidation sites excluding steroid dienone is 1. The quantitative estimate of drug-likeness (QED) is 0.571. The predicted molar refractivity (Wildman–Crippen MR) is 91.5 cm³/mol. The molecule has 23 heavy (non-hydrogen) atoms. The lowest BCUT2D eigenvalue weighted by molar-refractivity contribution is -0.148. The molecule has 1 aromatic carbocycles. The lowest BCUT2D eigenvalue weighted by Crippen LogP contribution is -2.43. The Balaban J connectivity index is 1.69. The predicted octanol–water partition coefficient (Wildman–Crippen LogP) is 3.29. The van der Waals surface area contributed by atoms with Gasteiger partial charge in [0.1, 0.15) is 5.75 Å². The Labute approximate surface area is 139 Å². The second-order valence-corrected chi connectivity index (χ2v) is 6.10. The largest absolute Gasteiger partial charge is 0.482 e. The van der Waals surface area contributed by atoms with Crippen LogP contribution >= 0.6 is 0 Å². The van der Waals surface area contributed by atoms with Crippen molar-refractivity contribution in [2.24, 2.45) is 5.92 Å². The van der Waals surface area contributed by atoms with Crippen molar-refractivity contribution in [3.63, 3.8) is 0 Å². The standard InChI is InChI=1S/C19H27NO3/c1-3-4-12-20-13-17(11-10-16(20)2)14-23-19(21)15-22-18-8-6-5-7-9-18/h3-9,16-17H,10-15H2,1-2H3/b4-3-. The Hall–Kier alpha value is -1.81. The van der Waals surface area contributed by atoms with Gasteiger partial charge in [-0.3, -0.25) is 4.90 Å². The lowest BCUT2D eigenvalue weighted by atomic mass is 9.94. The van der Waals surface area contributed by atoms with Gasteiger partial charge < -0.3 is 9.47 Å². The number of esters is 1. The van der Waals surface area contributed by atoms with Gasteiger partial charge in [-0.1, -0.05) is 30.4 Å². The van der Waals surface area contributed by atoms with Gasteiger partial charge in [0.15, 0.2) is 6.61 Å². The van der Waals surface area contributed by atoms with Crippen molar-refractivity contribution in [2.45, 2.75) is 32.7 Å². The van der Waals surface area contributed by atoms with Crippen molar-refractivity contribution in [1.29, 1.82) is 0 Å². The number of carbonyl (C=O) groups is 1. The van der Waals surface area contributed by atoms with Crippen LogP contribution in [0.3, 0.4) is 0 Å². The van der Waals surface area contributed by atoms with Crippen LogP contribution in [-0.2, 0) is 9.53 Å². The maximum Gasteiger partial charge on any atom is 0.344 e. The van der Waals surface area contributed by atoms with Gasteiger partial charge in [0.05, 0.1) is 6.61 Å². The topological polar surface area (TPSA) is 38.8 Å². The van der Waals surface area contributed by atoms with E-state index in [2.05, 4.69) is 24.0 Å². The van der Waals surface area contributed by atoms with Gasteiger partial charge in [-0.05, 0) is 38.8 Å². The van der Waals surface area contributed by atoms with Gasteiger partial charge in [-0.25, -0.2) is 4.79 Å². The first-order valence-electron chi connectivity index (χ1n) is 8.37. The highest BCUT2D eigenvalue weighted by molar-refractivity contribution is 5.71. The molecule has 2 rings (SSSR count). The van der Waals surface area contributed by atoms with E-state index in [1.54, 1.807) is 0 Å². The van der Waals surface area contributed by atoms with Gasteiger partial charge in [0.2, 0.25) is 0 Å². The molecule has 1 heterocycles. The van der Waals surface area contributed by atoms with Crippen LogP contribution in [0, 0.1) is 5.92 Å².